The van der Waals surface area contributed by atoms with Gasteiger partial charge in [0.2, 0.25) is 0 Å². The van der Waals surface area contributed by atoms with Crippen LogP contribution >= 0.6 is 0 Å². The van der Waals surface area contributed by atoms with Crippen LogP contribution in [0.5, 0.6) is 5.75 Å². The van der Waals surface area contributed by atoms with Gasteiger partial charge < -0.3 is 10.2 Å². The molecule has 1 aliphatic rings. The maximum atomic E-state index is 11.2. The first-order valence-electron chi connectivity index (χ1n) is 6.72. The second-order valence-electron chi connectivity index (χ2n) is 5.36. The van der Waals surface area contributed by atoms with Crippen LogP contribution in [-0.2, 0) is 11.2 Å². The van der Waals surface area contributed by atoms with Crippen molar-refractivity contribution in [3.05, 3.63) is 53.1 Å². The van der Waals surface area contributed by atoms with Crippen molar-refractivity contribution < 1.29 is 15.0 Å². The van der Waals surface area contributed by atoms with Crippen molar-refractivity contribution in [1.29, 1.82) is 0 Å². The first-order valence-corrected chi connectivity index (χ1v) is 6.72. The number of phenols is 1. The summed E-state index contributed by atoms with van der Waals surface area (Å²) in [4.78, 5) is 11.2. The highest BCUT2D eigenvalue weighted by molar-refractivity contribution is 5.80. The maximum Gasteiger partial charge on any atom is 0.310 e. The molecule has 3 heteroatoms. The molecule has 0 amide bonds. The van der Waals surface area contributed by atoms with E-state index in [1.807, 2.05) is 37.3 Å². The Morgan fingerprint density at radius 1 is 1.20 bits per heavy atom. The van der Waals surface area contributed by atoms with Gasteiger partial charge in [-0.1, -0.05) is 29.8 Å². The molecular formula is C17H16O3. The number of aromatic hydroxyl groups is 1. The van der Waals surface area contributed by atoms with Crippen LogP contribution in [0.3, 0.4) is 0 Å². The number of carboxylic acids is 1. The van der Waals surface area contributed by atoms with Crippen LogP contribution in [0.2, 0.25) is 0 Å². The third-order valence-electron chi connectivity index (χ3n) is 4.00. The van der Waals surface area contributed by atoms with Crippen molar-refractivity contribution in [3.63, 3.8) is 0 Å². The van der Waals surface area contributed by atoms with Crippen molar-refractivity contribution >= 4 is 5.97 Å². The number of fused-ring (bicyclic) bond motifs is 1. The standard InChI is InChI=1S/C17H16O3/c1-10-2-4-11(5-3-10)15-8-12-6-7-13(17(19)20)14(12)9-16(15)18/h2-5,8-9,13,18H,6-7H2,1H3,(H,19,20). The molecule has 0 saturated heterocycles. The summed E-state index contributed by atoms with van der Waals surface area (Å²) in [5, 5.41) is 19.4. The summed E-state index contributed by atoms with van der Waals surface area (Å²) in [6.07, 6.45) is 1.37. The smallest absolute Gasteiger partial charge is 0.310 e. The largest absolute Gasteiger partial charge is 0.507 e. The molecule has 20 heavy (non-hydrogen) atoms. The molecule has 3 rings (SSSR count). The molecule has 0 saturated carbocycles. The second-order valence-corrected chi connectivity index (χ2v) is 5.36. The molecule has 1 aliphatic carbocycles. The van der Waals surface area contributed by atoms with Gasteiger partial charge in [-0.25, -0.2) is 0 Å². The van der Waals surface area contributed by atoms with E-state index in [1.165, 1.54) is 5.56 Å². The van der Waals surface area contributed by atoms with E-state index >= 15 is 0 Å². The maximum absolute atomic E-state index is 11.2. The van der Waals surface area contributed by atoms with Gasteiger partial charge in [-0.05, 0) is 48.6 Å². The van der Waals surface area contributed by atoms with Gasteiger partial charge in [0.15, 0.2) is 0 Å². The van der Waals surface area contributed by atoms with Crippen molar-refractivity contribution in [2.24, 2.45) is 0 Å². The van der Waals surface area contributed by atoms with E-state index < -0.39 is 11.9 Å². The average Bonchev–Trinajstić information content (AvgIpc) is 2.81. The summed E-state index contributed by atoms with van der Waals surface area (Å²) in [5.41, 5.74) is 4.68. The van der Waals surface area contributed by atoms with Crippen LogP contribution in [0.25, 0.3) is 11.1 Å². The zero-order valence-electron chi connectivity index (χ0n) is 11.3. The van der Waals surface area contributed by atoms with Crippen LogP contribution in [0.1, 0.15) is 29.0 Å². The third kappa shape index (κ3) is 2.05. The van der Waals surface area contributed by atoms with E-state index in [-0.39, 0.29) is 5.75 Å². The van der Waals surface area contributed by atoms with Gasteiger partial charge in [-0.3, -0.25) is 4.79 Å². The summed E-state index contributed by atoms with van der Waals surface area (Å²) in [7, 11) is 0. The van der Waals surface area contributed by atoms with Crippen LogP contribution < -0.4 is 0 Å². The fourth-order valence-electron chi connectivity index (χ4n) is 2.87. The number of aliphatic carboxylic acids is 1. The van der Waals surface area contributed by atoms with E-state index in [0.717, 1.165) is 28.7 Å². The van der Waals surface area contributed by atoms with E-state index in [0.29, 0.717) is 6.42 Å². The molecule has 1 unspecified atom stereocenters. The number of hydrogen-bond acceptors (Lipinski definition) is 2. The fraction of sp³-hybridized carbons (Fsp3) is 0.235. The van der Waals surface area contributed by atoms with Crippen LogP contribution in [0.15, 0.2) is 36.4 Å². The molecule has 1 atom stereocenters. The van der Waals surface area contributed by atoms with Crippen LogP contribution in [-0.4, -0.2) is 16.2 Å². The van der Waals surface area contributed by atoms with Crippen molar-refractivity contribution in [2.45, 2.75) is 25.7 Å². The summed E-state index contributed by atoms with van der Waals surface area (Å²) in [6.45, 7) is 2.02. The number of carbonyl (C=O) groups is 1. The van der Waals surface area contributed by atoms with Gasteiger partial charge in [0, 0.05) is 5.56 Å². The molecule has 0 heterocycles. The van der Waals surface area contributed by atoms with Gasteiger partial charge in [-0.2, -0.15) is 0 Å². The van der Waals surface area contributed by atoms with E-state index in [4.69, 9.17) is 0 Å². The summed E-state index contributed by atoms with van der Waals surface area (Å²) >= 11 is 0. The lowest BCUT2D eigenvalue weighted by Crippen LogP contribution is -2.07. The molecule has 0 fully saturated rings. The lowest BCUT2D eigenvalue weighted by atomic mass is 9.96. The van der Waals surface area contributed by atoms with Crippen LogP contribution in [0, 0.1) is 6.92 Å². The highest BCUT2D eigenvalue weighted by atomic mass is 16.4. The Morgan fingerprint density at radius 2 is 1.90 bits per heavy atom. The summed E-state index contributed by atoms with van der Waals surface area (Å²) < 4.78 is 0. The molecule has 0 spiro atoms. The van der Waals surface area contributed by atoms with Gasteiger partial charge in [0.1, 0.15) is 5.75 Å². The lowest BCUT2D eigenvalue weighted by Gasteiger charge is -2.11. The molecule has 0 radical (unpaired) electrons. The Kier molecular flexibility index (Phi) is 2.97. The molecule has 0 bridgehead atoms. The monoisotopic (exact) mass is 268 g/mol. The predicted octanol–water partition coefficient (Wildman–Crippen LogP) is 3.48. The van der Waals surface area contributed by atoms with Crippen molar-refractivity contribution in [1.82, 2.24) is 0 Å². The number of aryl methyl sites for hydroxylation is 2. The number of benzene rings is 2. The molecule has 0 aliphatic heterocycles. The number of carboxylic acid groups (broad SMARTS) is 1. The predicted molar refractivity (Wildman–Crippen MR) is 77.0 cm³/mol. The molecule has 2 N–H and O–H groups in total. The minimum absolute atomic E-state index is 0.153. The summed E-state index contributed by atoms with van der Waals surface area (Å²) in [6, 6.07) is 11.5. The van der Waals surface area contributed by atoms with Gasteiger partial charge >= 0.3 is 5.97 Å². The van der Waals surface area contributed by atoms with Crippen LogP contribution in [0.4, 0.5) is 0 Å². The van der Waals surface area contributed by atoms with Gasteiger partial charge in [-0.15, -0.1) is 0 Å². The minimum Gasteiger partial charge on any atom is -0.507 e. The first-order chi connectivity index (χ1) is 9.56. The van der Waals surface area contributed by atoms with Crippen molar-refractivity contribution in [3.8, 4) is 16.9 Å². The topological polar surface area (TPSA) is 57.5 Å². The second kappa shape index (κ2) is 4.67. The van der Waals surface area contributed by atoms with E-state index in [1.54, 1.807) is 6.07 Å². The zero-order valence-corrected chi connectivity index (χ0v) is 11.3. The Balaban J connectivity index is 2.08. The molecule has 2 aromatic rings. The SMILES string of the molecule is Cc1ccc(-c2cc3c(cc2O)C(C(=O)O)CC3)cc1. The number of rotatable bonds is 2. The normalized spacial score (nSPS) is 16.9. The molecule has 2 aromatic carbocycles. The molecular weight excluding hydrogens is 252 g/mol. The molecule has 0 aromatic heterocycles. The highest BCUT2D eigenvalue weighted by Gasteiger charge is 2.29. The quantitative estimate of drug-likeness (QED) is 0.876. The fourth-order valence-corrected chi connectivity index (χ4v) is 2.87. The van der Waals surface area contributed by atoms with E-state index in [9.17, 15) is 15.0 Å². The number of phenolic OH excluding ortho intramolecular Hbond substituents is 1. The van der Waals surface area contributed by atoms with Gasteiger partial charge in [0.25, 0.3) is 0 Å². The number of hydrogen-bond donors (Lipinski definition) is 2. The highest BCUT2D eigenvalue weighted by Crippen LogP contribution is 2.40. The van der Waals surface area contributed by atoms with Crippen molar-refractivity contribution in [2.75, 3.05) is 0 Å². The Labute approximate surface area is 117 Å². The molecule has 3 nitrogen and oxygen atoms in total. The average molecular weight is 268 g/mol. The lowest BCUT2D eigenvalue weighted by molar-refractivity contribution is -0.138. The minimum atomic E-state index is -0.814. The Morgan fingerprint density at radius 3 is 2.55 bits per heavy atom. The first kappa shape index (κ1) is 12.7. The summed E-state index contributed by atoms with van der Waals surface area (Å²) in [5.74, 6) is -1.14. The third-order valence-corrected chi connectivity index (χ3v) is 4.00. The van der Waals surface area contributed by atoms with E-state index in [2.05, 4.69) is 0 Å². The Bertz CT molecular complexity index is 671. The Hall–Kier alpha value is -2.29. The molecule has 102 valence electrons. The zero-order chi connectivity index (χ0) is 14.3. The van der Waals surface area contributed by atoms with Gasteiger partial charge in [0.05, 0.1) is 5.92 Å².